The summed E-state index contributed by atoms with van der Waals surface area (Å²) in [5.41, 5.74) is 1.01. The molecule has 112 valence electrons. The fourth-order valence-corrected chi connectivity index (χ4v) is 2.16. The van der Waals surface area contributed by atoms with E-state index in [4.69, 9.17) is 0 Å². The molecule has 21 heavy (non-hydrogen) atoms. The number of nitro benzene ring substituents is 1. The second-order valence-corrected chi connectivity index (χ2v) is 5.38. The third-order valence-corrected chi connectivity index (χ3v) is 3.26. The first kappa shape index (κ1) is 15.2. The van der Waals surface area contributed by atoms with Crippen molar-refractivity contribution in [2.75, 3.05) is 0 Å². The van der Waals surface area contributed by atoms with Gasteiger partial charge in [-0.2, -0.15) is 0 Å². The van der Waals surface area contributed by atoms with Gasteiger partial charge >= 0.3 is 0 Å². The van der Waals surface area contributed by atoms with Crippen LogP contribution in [0, 0.1) is 21.8 Å². The molecule has 1 atom stereocenters. The minimum atomic E-state index is -0.631. The topological polar surface area (TPSA) is 68.3 Å². The van der Waals surface area contributed by atoms with Crippen molar-refractivity contribution in [3.8, 4) is 0 Å². The van der Waals surface area contributed by atoms with Crippen LogP contribution in [0.15, 0.2) is 36.7 Å². The van der Waals surface area contributed by atoms with Crippen LogP contribution in [0.25, 0.3) is 0 Å². The minimum Gasteiger partial charge on any atom is -0.388 e. The van der Waals surface area contributed by atoms with Gasteiger partial charge in [0.1, 0.15) is 5.82 Å². The van der Waals surface area contributed by atoms with Crippen molar-refractivity contribution in [2.24, 2.45) is 5.92 Å². The zero-order valence-corrected chi connectivity index (χ0v) is 11.9. The van der Waals surface area contributed by atoms with Crippen LogP contribution < -0.4 is 0 Å². The largest absolute Gasteiger partial charge is 0.388 e. The number of hydrogen-bond acceptors (Lipinski definition) is 3. The van der Waals surface area contributed by atoms with Crippen molar-refractivity contribution in [2.45, 2.75) is 26.5 Å². The van der Waals surface area contributed by atoms with E-state index in [2.05, 4.69) is 0 Å². The van der Waals surface area contributed by atoms with Gasteiger partial charge in [-0.15, -0.1) is 0 Å². The molecule has 0 aliphatic heterocycles. The van der Waals surface area contributed by atoms with Crippen molar-refractivity contribution >= 4 is 5.69 Å². The number of aromatic nitrogens is 1. The molecule has 0 aliphatic carbocycles. The summed E-state index contributed by atoms with van der Waals surface area (Å²) < 4.78 is 15.1. The van der Waals surface area contributed by atoms with Gasteiger partial charge in [0.15, 0.2) is 0 Å². The standard InChI is InChI=1S/C15H17FN2O3/c1-10(2)15(19)12-3-4-17(9-12)8-11-5-13(16)7-14(6-11)18(20)21/h3-7,9-10,15,19H,8H2,1-2H3. The fraction of sp³-hybridized carbons (Fsp3) is 0.333. The van der Waals surface area contributed by atoms with Crippen LogP contribution in [0.3, 0.4) is 0 Å². The predicted molar refractivity (Wildman–Crippen MR) is 76.4 cm³/mol. The molecule has 0 aliphatic rings. The van der Waals surface area contributed by atoms with E-state index in [-0.39, 0.29) is 11.6 Å². The summed E-state index contributed by atoms with van der Waals surface area (Å²) in [6.45, 7) is 4.14. The number of halogens is 1. The lowest BCUT2D eigenvalue weighted by atomic mass is 10.0. The highest BCUT2D eigenvalue weighted by molar-refractivity contribution is 5.35. The van der Waals surface area contributed by atoms with Gasteiger partial charge in [0.05, 0.1) is 17.1 Å². The average molecular weight is 292 g/mol. The van der Waals surface area contributed by atoms with Gasteiger partial charge in [0.2, 0.25) is 0 Å². The smallest absolute Gasteiger partial charge is 0.272 e. The first-order valence-electron chi connectivity index (χ1n) is 6.64. The van der Waals surface area contributed by atoms with Crippen molar-refractivity contribution < 1.29 is 14.4 Å². The van der Waals surface area contributed by atoms with Gasteiger partial charge in [0, 0.05) is 25.0 Å². The number of benzene rings is 1. The van der Waals surface area contributed by atoms with Gasteiger partial charge < -0.3 is 9.67 Å². The molecule has 1 heterocycles. The predicted octanol–water partition coefficient (Wildman–Crippen LogP) is 3.27. The zero-order chi connectivity index (χ0) is 15.6. The average Bonchev–Trinajstić information content (AvgIpc) is 2.85. The van der Waals surface area contributed by atoms with E-state index < -0.39 is 16.8 Å². The molecule has 2 aromatic rings. The Balaban J connectivity index is 2.21. The van der Waals surface area contributed by atoms with Crippen LogP contribution in [0.5, 0.6) is 0 Å². The number of aliphatic hydroxyl groups excluding tert-OH is 1. The molecule has 0 fully saturated rings. The zero-order valence-electron chi connectivity index (χ0n) is 11.9. The normalized spacial score (nSPS) is 12.6. The minimum absolute atomic E-state index is 0.0936. The first-order chi connectivity index (χ1) is 9.86. The number of nitrogens with zero attached hydrogens (tertiary/aromatic N) is 2. The van der Waals surface area contributed by atoms with Crippen LogP contribution >= 0.6 is 0 Å². The highest BCUT2D eigenvalue weighted by atomic mass is 19.1. The Labute approximate surface area is 121 Å². The highest BCUT2D eigenvalue weighted by Gasteiger charge is 2.14. The molecule has 1 aromatic heterocycles. The lowest BCUT2D eigenvalue weighted by Crippen LogP contribution is -2.04. The Morgan fingerprint density at radius 1 is 1.38 bits per heavy atom. The fourth-order valence-electron chi connectivity index (χ4n) is 2.16. The maximum atomic E-state index is 13.4. The quantitative estimate of drug-likeness (QED) is 0.679. The van der Waals surface area contributed by atoms with Crippen LogP contribution in [0.1, 0.15) is 31.1 Å². The summed E-state index contributed by atoms with van der Waals surface area (Å²) >= 11 is 0. The van der Waals surface area contributed by atoms with E-state index in [1.54, 1.807) is 23.0 Å². The Kier molecular flexibility index (Phi) is 4.37. The lowest BCUT2D eigenvalue weighted by Gasteiger charge is -2.12. The molecule has 0 spiro atoms. The van der Waals surface area contributed by atoms with E-state index in [1.807, 2.05) is 13.8 Å². The summed E-state index contributed by atoms with van der Waals surface area (Å²) in [5.74, 6) is -0.537. The number of hydrogen-bond donors (Lipinski definition) is 1. The number of aliphatic hydroxyl groups is 1. The monoisotopic (exact) mass is 292 g/mol. The van der Waals surface area contributed by atoms with E-state index >= 15 is 0 Å². The summed E-state index contributed by atoms with van der Waals surface area (Å²) in [6, 6.07) is 5.30. The summed E-state index contributed by atoms with van der Waals surface area (Å²) in [6.07, 6.45) is 2.96. The highest BCUT2D eigenvalue weighted by Crippen LogP contribution is 2.22. The van der Waals surface area contributed by atoms with Crippen LogP contribution in [-0.4, -0.2) is 14.6 Å². The van der Waals surface area contributed by atoms with Gasteiger partial charge in [-0.05, 0) is 29.2 Å². The summed E-state index contributed by atoms with van der Waals surface area (Å²) in [4.78, 5) is 10.1. The molecule has 0 saturated heterocycles. The second kappa shape index (κ2) is 6.05. The molecule has 6 heteroatoms. The summed E-state index contributed by atoms with van der Waals surface area (Å²) in [5, 5.41) is 20.7. The molecule has 0 radical (unpaired) electrons. The Hall–Kier alpha value is -2.21. The molecule has 5 nitrogen and oxygen atoms in total. The molecule has 0 bridgehead atoms. The molecule has 1 N–H and O–H groups in total. The van der Waals surface area contributed by atoms with E-state index in [0.717, 1.165) is 11.6 Å². The SMILES string of the molecule is CC(C)C(O)c1ccn(Cc2cc(F)cc([N+](=O)[O-])c2)c1. The number of rotatable bonds is 5. The van der Waals surface area contributed by atoms with Crippen molar-refractivity contribution in [3.63, 3.8) is 0 Å². The van der Waals surface area contributed by atoms with Crippen LogP contribution in [0.4, 0.5) is 10.1 Å². The molecular weight excluding hydrogens is 275 g/mol. The Morgan fingerprint density at radius 3 is 2.71 bits per heavy atom. The lowest BCUT2D eigenvalue weighted by molar-refractivity contribution is -0.385. The molecule has 1 unspecified atom stereocenters. The van der Waals surface area contributed by atoms with Gasteiger partial charge in [-0.3, -0.25) is 10.1 Å². The Morgan fingerprint density at radius 2 is 2.10 bits per heavy atom. The van der Waals surface area contributed by atoms with E-state index in [0.29, 0.717) is 12.1 Å². The molecule has 1 aromatic carbocycles. The summed E-state index contributed by atoms with van der Waals surface area (Å²) in [7, 11) is 0. The van der Waals surface area contributed by atoms with Crippen LogP contribution in [0.2, 0.25) is 0 Å². The third-order valence-electron chi connectivity index (χ3n) is 3.26. The molecule has 0 saturated carbocycles. The first-order valence-corrected chi connectivity index (χ1v) is 6.64. The van der Waals surface area contributed by atoms with Crippen molar-refractivity contribution in [1.29, 1.82) is 0 Å². The number of non-ortho nitro benzene ring substituents is 1. The number of nitro groups is 1. The Bertz CT molecular complexity index is 652. The molecular formula is C15H17FN2O3. The van der Waals surface area contributed by atoms with Crippen molar-refractivity contribution in [1.82, 2.24) is 4.57 Å². The van der Waals surface area contributed by atoms with Gasteiger partial charge in [0.25, 0.3) is 5.69 Å². The van der Waals surface area contributed by atoms with Crippen molar-refractivity contribution in [3.05, 3.63) is 63.7 Å². The molecule has 0 amide bonds. The van der Waals surface area contributed by atoms with Gasteiger partial charge in [-0.1, -0.05) is 13.8 Å². The maximum Gasteiger partial charge on any atom is 0.272 e. The van der Waals surface area contributed by atoms with Crippen LogP contribution in [-0.2, 0) is 6.54 Å². The van der Waals surface area contributed by atoms with E-state index in [9.17, 15) is 19.6 Å². The van der Waals surface area contributed by atoms with E-state index in [1.165, 1.54) is 12.1 Å². The molecule has 2 rings (SSSR count). The second-order valence-electron chi connectivity index (χ2n) is 5.38. The third kappa shape index (κ3) is 3.66. The van der Waals surface area contributed by atoms with Gasteiger partial charge in [-0.25, -0.2) is 4.39 Å². The maximum absolute atomic E-state index is 13.4.